The molecule has 2 aromatic rings. The number of esters is 1. The minimum absolute atomic E-state index is 0.159. The van der Waals surface area contributed by atoms with Crippen LogP contribution < -0.4 is 14.2 Å². The Bertz CT molecular complexity index is 844. The van der Waals surface area contributed by atoms with Crippen LogP contribution in [0.15, 0.2) is 40.9 Å². The quantitative estimate of drug-likeness (QED) is 0.502. The molecule has 136 valence electrons. The molecule has 0 bridgehead atoms. The molecule has 0 saturated carbocycles. The van der Waals surface area contributed by atoms with Gasteiger partial charge in [-0.3, -0.25) is 0 Å². The van der Waals surface area contributed by atoms with E-state index in [0.717, 1.165) is 0 Å². The zero-order valence-electron chi connectivity index (χ0n) is 14.5. The second-order valence-corrected chi connectivity index (χ2v) is 6.64. The number of rotatable bonds is 6. The summed E-state index contributed by atoms with van der Waals surface area (Å²) in [5, 5.41) is 9.06. The van der Waals surface area contributed by atoms with Gasteiger partial charge in [-0.15, -0.1) is 0 Å². The fourth-order valence-corrected chi connectivity index (χ4v) is 2.57. The summed E-state index contributed by atoms with van der Waals surface area (Å²) < 4.78 is 30.0. The molecule has 2 aromatic carbocycles. The first-order valence-electron chi connectivity index (χ1n) is 7.80. The summed E-state index contributed by atoms with van der Waals surface area (Å²) in [4.78, 5) is 12.6. The predicted octanol–water partition coefficient (Wildman–Crippen LogP) is 4.62. The number of hydrogen-bond acceptors (Lipinski definition) is 5. The molecule has 0 heterocycles. The van der Waals surface area contributed by atoms with E-state index in [1.165, 1.54) is 50.2 Å². The molecule has 0 radical (unpaired) electrons. The molecule has 0 fully saturated rings. The zero-order chi connectivity index (χ0) is 19.3. The van der Waals surface area contributed by atoms with Crippen LogP contribution in [0.3, 0.4) is 0 Å². The number of nitriles is 1. The normalized spacial score (nSPS) is 10.8. The van der Waals surface area contributed by atoms with Crippen molar-refractivity contribution in [3.8, 4) is 23.3 Å². The largest absolute Gasteiger partial charge is 0.490 e. The monoisotopic (exact) mass is 421 g/mol. The third kappa shape index (κ3) is 4.73. The van der Waals surface area contributed by atoms with Crippen molar-refractivity contribution in [1.29, 1.82) is 5.26 Å². The van der Waals surface area contributed by atoms with E-state index < -0.39 is 17.4 Å². The Balaban J connectivity index is 2.25. The van der Waals surface area contributed by atoms with Gasteiger partial charge < -0.3 is 14.2 Å². The SMILES string of the molecule is CCOc1cc(C#N)cc(Br)c1OC(=O)C(C)(C)Oc1ccc(F)cc1. The van der Waals surface area contributed by atoms with Gasteiger partial charge in [-0.25, -0.2) is 9.18 Å². The highest BCUT2D eigenvalue weighted by atomic mass is 79.9. The van der Waals surface area contributed by atoms with Crippen LogP contribution in [0, 0.1) is 17.1 Å². The molecular formula is C19H17BrFNO4. The Morgan fingerprint density at radius 2 is 1.92 bits per heavy atom. The molecule has 0 aliphatic heterocycles. The van der Waals surface area contributed by atoms with Gasteiger partial charge in [0.05, 0.1) is 22.7 Å². The van der Waals surface area contributed by atoms with Crippen molar-refractivity contribution in [1.82, 2.24) is 0 Å². The Morgan fingerprint density at radius 1 is 1.27 bits per heavy atom. The van der Waals surface area contributed by atoms with Gasteiger partial charge in [-0.05, 0) is 67.0 Å². The molecule has 0 aliphatic rings. The van der Waals surface area contributed by atoms with Crippen molar-refractivity contribution in [2.75, 3.05) is 6.61 Å². The molecule has 0 aromatic heterocycles. The first-order valence-corrected chi connectivity index (χ1v) is 8.59. The van der Waals surface area contributed by atoms with E-state index in [1.54, 1.807) is 6.92 Å². The number of benzene rings is 2. The molecule has 26 heavy (non-hydrogen) atoms. The van der Waals surface area contributed by atoms with E-state index in [2.05, 4.69) is 15.9 Å². The third-order valence-electron chi connectivity index (χ3n) is 3.31. The van der Waals surface area contributed by atoms with Gasteiger partial charge in [0.25, 0.3) is 0 Å². The van der Waals surface area contributed by atoms with E-state index >= 15 is 0 Å². The van der Waals surface area contributed by atoms with Crippen LogP contribution in [0.1, 0.15) is 26.3 Å². The van der Waals surface area contributed by atoms with Crippen molar-refractivity contribution in [2.45, 2.75) is 26.4 Å². The Morgan fingerprint density at radius 3 is 2.50 bits per heavy atom. The predicted molar refractivity (Wildman–Crippen MR) is 96.8 cm³/mol. The van der Waals surface area contributed by atoms with Gasteiger partial charge in [0.2, 0.25) is 5.60 Å². The van der Waals surface area contributed by atoms with Crippen LogP contribution in [0.4, 0.5) is 4.39 Å². The molecule has 0 atom stereocenters. The molecule has 5 nitrogen and oxygen atoms in total. The third-order valence-corrected chi connectivity index (χ3v) is 3.90. The first-order chi connectivity index (χ1) is 12.3. The van der Waals surface area contributed by atoms with Crippen LogP contribution in [-0.2, 0) is 4.79 Å². The summed E-state index contributed by atoms with van der Waals surface area (Å²) in [7, 11) is 0. The Labute approximate surface area is 159 Å². The highest BCUT2D eigenvalue weighted by Crippen LogP contribution is 2.37. The van der Waals surface area contributed by atoms with Crippen molar-refractivity contribution in [2.24, 2.45) is 0 Å². The number of ether oxygens (including phenoxy) is 3. The summed E-state index contributed by atoms with van der Waals surface area (Å²) in [6, 6.07) is 10.3. The van der Waals surface area contributed by atoms with E-state index in [-0.39, 0.29) is 11.5 Å². The van der Waals surface area contributed by atoms with Crippen LogP contribution in [-0.4, -0.2) is 18.2 Å². The molecule has 0 saturated heterocycles. The number of halogens is 2. The van der Waals surface area contributed by atoms with Crippen LogP contribution in [0.2, 0.25) is 0 Å². The maximum Gasteiger partial charge on any atom is 0.355 e. The molecule has 2 rings (SSSR count). The maximum atomic E-state index is 13.0. The van der Waals surface area contributed by atoms with Gasteiger partial charge in [-0.2, -0.15) is 5.26 Å². The highest BCUT2D eigenvalue weighted by Gasteiger charge is 2.34. The zero-order valence-corrected chi connectivity index (χ0v) is 16.1. The van der Waals surface area contributed by atoms with Gasteiger partial charge in [-0.1, -0.05) is 0 Å². The topological polar surface area (TPSA) is 68.5 Å². The standard InChI is InChI=1S/C19H17BrFNO4/c1-4-24-16-10-12(11-22)9-15(20)17(16)25-18(23)19(2,3)26-14-7-5-13(21)6-8-14/h5-10H,4H2,1-3H3. The summed E-state index contributed by atoms with van der Waals surface area (Å²) in [5.74, 6) is -0.318. The van der Waals surface area contributed by atoms with E-state index in [9.17, 15) is 9.18 Å². The fourth-order valence-electron chi connectivity index (χ4n) is 2.05. The van der Waals surface area contributed by atoms with Crippen LogP contribution >= 0.6 is 15.9 Å². The minimum Gasteiger partial charge on any atom is -0.490 e. The Kier molecular flexibility index (Phi) is 6.22. The summed E-state index contributed by atoms with van der Waals surface area (Å²) in [6.07, 6.45) is 0. The lowest BCUT2D eigenvalue weighted by atomic mass is 10.1. The second-order valence-electron chi connectivity index (χ2n) is 5.79. The summed E-state index contributed by atoms with van der Waals surface area (Å²) >= 11 is 3.29. The smallest absolute Gasteiger partial charge is 0.355 e. The molecule has 0 N–H and O–H groups in total. The average Bonchev–Trinajstić information content (AvgIpc) is 2.59. The Hall–Kier alpha value is -2.59. The number of nitrogens with zero attached hydrogens (tertiary/aromatic N) is 1. The molecule has 7 heteroatoms. The molecular weight excluding hydrogens is 405 g/mol. The van der Waals surface area contributed by atoms with Crippen LogP contribution in [0.25, 0.3) is 0 Å². The van der Waals surface area contributed by atoms with Crippen LogP contribution in [0.5, 0.6) is 17.2 Å². The van der Waals surface area contributed by atoms with Gasteiger partial charge >= 0.3 is 5.97 Å². The molecule has 0 unspecified atom stereocenters. The second kappa shape index (κ2) is 8.19. The number of carbonyl (C=O) groups is 1. The van der Waals surface area contributed by atoms with Crippen molar-refractivity contribution >= 4 is 21.9 Å². The lowest BCUT2D eigenvalue weighted by molar-refractivity contribution is -0.149. The maximum absolute atomic E-state index is 13.0. The van der Waals surface area contributed by atoms with Crippen molar-refractivity contribution < 1.29 is 23.4 Å². The summed E-state index contributed by atoms with van der Waals surface area (Å²) in [6.45, 7) is 5.19. The minimum atomic E-state index is -1.34. The summed E-state index contributed by atoms with van der Waals surface area (Å²) in [5.41, 5.74) is -0.976. The molecule has 0 aliphatic carbocycles. The highest BCUT2D eigenvalue weighted by molar-refractivity contribution is 9.10. The van der Waals surface area contributed by atoms with E-state index in [1.807, 2.05) is 6.07 Å². The van der Waals surface area contributed by atoms with Gasteiger partial charge in [0.15, 0.2) is 11.5 Å². The fraction of sp³-hybridized carbons (Fsp3) is 0.263. The molecule has 0 amide bonds. The number of carbonyl (C=O) groups excluding carboxylic acids is 1. The number of hydrogen-bond donors (Lipinski definition) is 0. The van der Waals surface area contributed by atoms with Gasteiger partial charge in [0, 0.05) is 6.07 Å². The van der Waals surface area contributed by atoms with Gasteiger partial charge in [0.1, 0.15) is 11.6 Å². The average molecular weight is 422 g/mol. The first kappa shape index (κ1) is 19.7. The van der Waals surface area contributed by atoms with Crippen molar-refractivity contribution in [3.05, 3.63) is 52.3 Å². The van der Waals surface area contributed by atoms with E-state index in [0.29, 0.717) is 22.4 Å². The van der Waals surface area contributed by atoms with Crippen molar-refractivity contribution in [3.63, 3.8) is 0 Å². The lowest BCUT2D eigenvalue weighted by Gasteiger charge is -2.25. The molecule has 0 spiro atoms. The lowest BCUT2D eigenvalue weighted by Crippen LogP contribution is -2.41. The van der Waals surface area contributed by atoms with E-state index in [4.69, 9.17) is 19.5 Å².